The van der Waals surface area contributed by atoms with Crippen LogP contribution in [0.15, 0.2) is 18.2 Å². The molecule has 94 valence electrons. The van der Waals surface area contributed by atoms with Crippen molar-refractivity contribution in [2.24, 2.45) is 0 Å². The number of ketones is 1. The van der Waals surface area contributed by atoms with Gasteiger partial charge in [0.25, 0.3) is 0 Å². The van der Waals surface area contributed by atoms with Crippen molar-refractivity contribution in [2.45, 2.75) is 13.3 Å². The normalized spacial score (nSPS) is 10.6. The Morgan fingerprint density at radius 3 is 2.65 bits per heavy atom. The van der Waals surface area contributed by atoms with Crippen LogP contribution in [0.1, 0.15) is 23.7 Å². The third-order valence-corrected chi connectivity index (χ3v) is 2.35. The van der Waals surface area contributed by atoms with E-state index in [2.05, 4.69) is 0 Å². The minimum absolute atomic E-state index is 0.150. The number of hydrogen-bond donors (Lipinski definition) is 0. The third kappa shape index (κ3) is 4.53. The van der Waals surface area contributed by atoms with Crippen molar-refractivity contribution < 1.29 is 13.9 Å². The molecule has 1 aromatic carbocycles. The predicted molar refractivity (Wildman–Crippen MR) is 65.1 cm³/mol. The van der Waals surface area contributed by atoms with Crippen LogP contribution in [-0.4, -0.2) is 37.9 Å². The van der Waals surface area contributed by atoms with E-state index in [1.807, 2.05) is 19.0 Å². The van der Waals surface area contributed by atoms with Crippen LogP contribution in [0.2, 0.25) is 0 Å². The van der Waals surface area contributed by atoms with Crippen LogP contribution in [0, 0.1) is 5.82 Å². The zero-order valence-corrected chi connectivity index (χ0v) is 10.5. The molecule has 0 aromatic heterocycles. The highest BCUT2D eigenvalue weighted by molar-refractivity contribution is 5.94. The number of hydrogen-bond acceptors (Lipinski definition) is 3. The molecule has 0 N–H and O–H groups in total. The van der Waals surface area contributed by atoms with Gasteiger partial charge in [-0.05, 0) is 45.6 Å². The first-order valence-electron chi connectivity index (χ1n) is 5.58. The molecule has 0 bridgehead atoms. The van der Waals surface area contributed by atoms with Gasteiger partial charge in [-0.15, -0.1) is 0 Å². The Balaban J connectivity index is 2.52. The van der Waals surface area contributed by atoms with Gasteiger partial charge in [0.05, 0.1) is 6.61 Å². The van der Waals surface area contributed by atoms with Gasteiger partial charge in [-0.25, -0.2) is 4.39 Å². The van der Waals surface area contributed by atoms with E-state index in [0.29, 0.717) is 12.2 Å². The Hall–Kier alpha value is -1.42. The lowest BCUT2D eigenvalue weighted by atomic mass is 10.1. The van der Waals surface area contributed by atoms with E-state index in [0.717, 1.165) is 13.0 Å². The molecule has 0 saturated carbocycles. The highest BCUT2D eigenvalue weighted by Crippen LogP contribution is 2.18. The summed E-state index contributed by atoms with van der Waals surface area (Å²) in [5.74, 6) is -0.431. The summed E-state index contributed by atoms with van der Waals surface area (Å²) in [5.41, 5.74) is 0.364. The lowest BCUT2D eigenvalue weighted by Gasteiger charge is -2.11. The van der Waals surface area contributed by atoms with E-state index in [1.165, 1.54) is 19.1 Å². The summed E-state index contributed by atoms with van der Waals surface area (Å²) in [6, 6.07) is 4.29. The van der Waals surface area contributed by atoms with Crippen molar-refractivity contribution in [1.82, 2.24) is 4.90 Å². The summed E-state index contributed by atoms with van der Waals surface area (Å²) in [7, 11) is 3.95. The monoisotopic (exact) mass is 239 g/mol. The van der Waals surface area contributed by atoms with E-state index in [1.54, 1.807) is 6.07 Å². The zero-order chi connectivity index (χ0) is 12.8. The maximum absolute atomic E-state index is 13.5. The van der Waals surface area contributed by atoms with E-state index >= 15 is 0 Å². The van der Waals surface area contributed by atoms with Gasteiger partial charge in [0.15, 0.2) is 17.3 Å². The number of nitrogens with zero attached hydrogens (tertiary/aromatic N) is 1. The first-order valence-corrected chi connectivity index (χ1v) is 5.58. The molecule has 3 nitrogen and oxygen atoms in total. The van der Waals surface area contributed by atoms with Crippen molar-refractivity contribution in [1.29, 1.82) is 0 Å². The Kier molecular flexibility index (Phi) is 5.10. The summed E-state index contributed by atoms with van der Waals surface area (Å²) in [6.07, 6.45) is 0.834. The smallest absolute Gasteiger partial charge is 0.165 e. The summed E-state index contributed by atoms with van der Waals surface area (Å²) in [6.45, 7) is 2.77. The van der Waals surface area contributed by atoms with Gasteiger partial charge in [-0.3, -0.25) is 4.79 Å². The van der Waals surface area contributed by atoms with Crippen LogP contribution in [0.3, 0.4) is 0 Å². The van der Waals surface area contributed by atoms with Gasteiger partial charge >= 0.3 is 0 Å². The molecule has 0 aliphatic rings. The van der Waals surface area contributed by atoms with Crippen LogP contribution < -0.4 is 4.74 Å². The number of benzene rings is 1. The molecule has 0 radical (unpaired) electrons. The van der Waals surface area contributed by atoms with Crippen LogP contribution >= 0.6 is 0 Å². The van der Waals surface area contributed by atoms with Gasteiger partial charge in [-0.2, -0.15) is 0 Å². The second-order valence-corrected chi connectivity index (χ2v) is 4.21. The molecule has 0 aliphatic heterocycles. The van der Waals surface area contributed by atoms with Gasteiger partial charge in [-0.1, -0.05) is 0 Å². The summed E-state index contributed by atoms with van der Waals surface area (Å²) in [4.78, 5) is 13.1. The van der Waals surface area contributed by atoms with Crippen molar-refractivity contribution in [2.75, 3.05) is 27.2 Å². The molecule has 0 atom stereocenters. The molecule has 0 saturated heterocycles. The number of carbonyl (C=O) groups excluding carboxylic acids is 1. The van der Waals surface area contributed by atoms with E-state index in [4.69, 9.17) is 4.74 Å². The van der Waals surface area contributed by atoms with Crippen LogP contribution in [0.5, 0.6) is 5.75 Å². The first kappa shape index (κ1) is 13.6. The molecule has 0 amide bonds. The molecular formula is C13H18FNO2. The van der Waals surface area contributed by atoms with Gasteiger partial charge in [0.2, 0.25) is 0 Å². The highest BCUT2D eigenvalue weighted by atomic mass is 19.1. The first-order chi connectivity index (χ1) is 8.00. The topological polar surface area (TPSA) is 29.5 Å². The summed E-state index contributed by atoms with van der Waals surface area (Å²) >= 11 is 0. The fraction of sp³-hybridized carbons (Fsp3) is 0.462. The number of carbonyl (C=O) groups is 1. The van der Waals surface area contributed by atoms with Gasteiger partial charge in [0, 0.05) is 12.1 Å². The fourth-order valence-corrected chi connectivity index (χ4v) is 1.40. The minimum atomic E-state index is -0.484. The average molecular weight is 239 g/mol. The Morgan fingerprint density at radius 1 is 1.41 bits per heavy atom. The minimum Gasteiger partial charge on any atom is -0.490 e. The third-order valence-electron chi connectivity index (χ3n) is 2.35. The van der Waals surface area contributed by atoms with E-state index in [-0.39, 0.29) is 11.5 Å². The van der Waals surface area contributed by atoms with Gasteiger partial charge in [0.1, 0.15) is 0 Å². The number of ether oxygens (including phenoxy) is 1. The van der Waals surface area contributed by atoms with Crippen molar-refractivity contribution in [3.8, 4) is 5.75 Å². The number of rotatable bonds is 6. The van der Waals surface area contributed by atoms with Crippen molar-refractivity contribution in [3.05, 3.63) is 29.6 Å². The largest absolute Gasteiger partial charge is 0.490 e. The molecule has 1 aromatic rings. The Bertz CT molecular complexity index is 391. The van der Waals surface area contributed by atoms with Crippen molar-refractivity contribution >= 4 is 5.78 Å². The molecule has 0 unspecified atom stereocenters. The summed E-state index contributed by atoms with van der Waals surface area (Å²) in [5, 5.41) is 0. The summed E-state index contributed by atoms with van der Waals surface area (Å²) < 4.78 is 18.8. The molecule has 0 aliphatic carbocycles. The molecule has 1 rings (SSSR count). The molecular weight excluding hydrogens is 221 g/mol. The lowest BCUT2D eigenvalue weighted by molar-refractivity contribution is 0.101. The zero-order valence-electron chi connectivity index (χ0n) is 10.5. The quantitative estimate of drug-likeness (QED) is 0.564. The van der Waals surface area contributed by atoms with Crippen molar-refractivity contribution in [3.63, 3.8) is 0 Å². The molecule has 4 heteroatoms. The van der Waals surface area contributed by atoms with Crippen LogP contribution in [0.25, 0.3) is 0 Å². The number of halogens is 1. The predicted octanol–water partition coefficient (Wildman–Crippen LogP) is 2.36. The standard InChI is InChI=1S/C13H18FNO2/c1-10(16)11-5-6-13(12(14)9-11)17-8-4-7-15(2)3/h5-6,9H,4,7-8H2,1-3H3. The molecule has 0 fully saturated rings. The Morgan fingerprint density at radius 2 is 2.12 bits per heavy atom. The molecule has 0 spiro atoms. The van der Waals surface area contributed by atoms with E-state index in [9.17, 15) is 9.18 Å². The molecule has 0 heterocycles. The maximum Gasteiger partial charge on any atom is 0.165 e. The van der Waals surface area contributed by atoms with Crippen LogP contribution in [-0.2, 0) is 0 Å². The van der Waals surface area contributed by atoms with Gasteiger partial charge < -0.3 is 9.64 Å². The second kappa shape index (κ2) is 6.35. The maximum atomic E-state index is 13.5. The highest BCUT2D eigenvalue weighted by Gasteiger charge is 2.07. The second-order valence-electron chi connectivity index (χ2n) is 4.21. The average Bonchev–Trinajstić information content (AvgIpc) is 2.25. The fourth-order valence-electron chi connectivity index (χ4n) is 1.40. The van der Waals surface area contributed by atoms with Crippen LogP contribution in [0.4, 0.5) is 4.39 Å². The Labute approximate surface area is 101 Å². The van der Waals surface area contributed by atoms with E-state index < -0.39 is 5.82 Å². The molecule has 17 heavy (non-hydrogen) atoms. The number of Topliss-reactive ketones (excluding diaryl/α,β-unsaturated/α-hetero) is 1. The lowest BCUT2D eigenvalue weighted by Crippen LogP contribution is -2.15. The SMILES string of the molecule is CC(=O)c1ccc(OCCCN(C)C)c(F)c1.